The van der Waals surface area contributed by atoms with Gasteiger partial charge < -0.3 is 20.7 Å². The minimum atomic E-state index is -0.479. The number of ether oxygens (including phenoxy) is 1. The summed E-state index contributed by atoms with van der Waals surface area (Å²) in [6.45, 7) is 1.85. The fourth-order valence-corrected chi connectivity index (χ4v) is 3.18. The maximum Gasteiger partial charge on any atom is 0.237 e. The Labute approximate surface area is 167 Å². The van der Waals surface area contributed by atoms with Crippen molar-refractivity contribution < 1.29 is 9.53 Å². The summed E-state index contributed by atoms with van der Waals surface area (Å²) in [5.74, 6) is 0.0951. The SMILES string of the molecule is CN(C)C(CNC(=O)C(N)C1CCOCC1)c1ccccc1Cl.Cl.Cl. The fraction of sp³-hybridized carbons (Fsp3) is 0.588. The Balaban J connectivity index is 0.00000288. The molecule has 1 heterocycles. The van der Waals surface area contributed by atoms with Crippen LogP contribution >= 0.6 is 36.4 Å². The molecule has 1 fully saturated rings. The quantitative estimate of drug-likeness (QED) is 0.754. The lowest BCUT2D eigenvalue weighted by Crippen LogP contribution is -2.48. The number of hydrogen-bond donors (Lipinski definition) is 2. The molecule has 0 aliphatic carbocycles. The van der Waals surface area contributed by atoms with E-state index in [9.17, 15) is 4.79 Å². The van der Waals surface area contributed by atoms with Gasteiger partial charge in [-0.3, -0.25) is 4.79 Å². The van der Waals surface area contributed by atoms with Crippen LogP contribution < -0.4 is 11.1 Å². The molecule has 1 amide bonds. The maximum atomic E-state index is 12.4. The largest absolute Gasteiger partial charge is 0.381 e. The second-order valence-electron chi connectivity index (χ2n) is 6.22. The van der Waals surface area contributed by atoms with Crippen LogP contribution in [0.4, 0.5) is 0 Å². The molecular formula is C17H28Cl3N3O2. The Hall–Kier alpha value is -0.560. The Bertz CT molecular complexity index is 526. The number of carbonyl (C=O) groups excluding carboxylic acids is 1. The van der Waals surface area contributed by atoms with E-state index in [1.54, 1.807) is 0 Å². The second kappa shape index (κ2) is 11.9. The number of nitrogens with zero attached hydrogens (tertiary/aromatic N) is 1. The number of amides is 1. The van der Waals surface area contributed by atoms with Gasteiger partial charge in [0.05, 0.1) is 12.1 Å². The summed E-state index contributed by atoms with van der Waals surface area (Å²) in [5.41, 5.74) is 7.11. The highest BCUT2D eigenvalue weighted by atomic mass is 35.5. The molecule has 1 aromatic rings. The molecule has 144 valence electrons. The van der Waals surface area contributed by atoms with E-state index in [0.717, 1.165) is 18.4 Å². The maximum absolute atomic E-state index is 12.4. The number of hydrogen-bond acceptors (Lipinski definition) is 4. The zero-order valence-corrected chi connectivity index (χ0v) is 17.0. The monoisotopic (exact) mass is 411 g/mol. The van der Waals surface area contributed by atoms with Crippen LogP contribution in [0.2, 0.25) is 5.02 Å². The van der Waals surface area contributed by atoms with E-state index >= 15 is 0 Å². The molecule has 1 saturated heterocycles. The molecule has 0 saturated carbocycles. The van der Waals surface area contributed by atoms with Crippen LogP contribution in [0.5, 0.6) is 0 Å². The lowest BCUT2D eigenvalue weighted by molar-refractivity contribution is -0.124. The van der Waals surface area contributed by atoms with Crippen LogP contribution in [0.3, 0.4) is 0 Å². The van der Waals surface area contributed by atoms with Gasteiger partial charge in [0.25, 0.3) is 0 Å². The summed E-state index contributed by atoms with van der Waals surface area (Å²) in [7, 11) is 3.94. The van der Waals surface area contributed by atoms with Gasteiger partial charge in [-0.15, -0.1) is 24.8 Å². The van der Waals surface area contributed by atoms with Gasteiger partial charge in [0.1, 0.15) is 0 Å². The Kier molecular flexibility index (Phi) is 11.7. The topological polar surface area (TPSA) is 67.6 Å². The van der Waals surface area contributed by atoms with Gasteiger partial charge in [-0.25, -0.2) is 0 Å². The van der Waals surface area contributed by atoms with Gasteiger partial charge >= 0.3 is 0 Å². The van der Waals surface area contributed by atoms with Crippen LogP contribution in [0.15, 0.2) is 24.3 Å². The van der Waals surface area contributed by atoms with E-state index in [0.29, 0.717) is 24.8 Å². The molecule has 2 unspecified atom stereocenters. The van der Waals surface area contributed by atoms with E-state index < -0.39 is 6.04 Å². The highest BCUT2D eigenvalue weighted by Gasteiger charge is 2.27. The van der Waals surface area contributed by atoms with Gasteiger partial charge in [-0.1, -0.05) is 29.8 Å². The smallest absolute Gasteiger partial charge is 0.237 e. The standard InChI is InChI=1S/C17H26ClN3O2.2ClH/c1-21(2)15(13-5-3-4-6-14(13)18)11-20-17(22)16(19)12-7-9-23-10-8-12;;/h3-6,12,15-16H,7-11,19H2,1-2H3,(H,20,22);2*1H. The van der Waals surface area contributed by atoms with Crippen molar-refractivity contribution in [3.8, 4) is 0 Å². The van der Waals surface area contributed by atoms with Gasteiger partial charge in [0.2, 0.25) is 5.91 Å². The molecule has 25 heavy (non-hydrogen) atoms. The van der Waals surface area contributed by atoms with Crippen molar-refractivity contribution in [2.75, 3.05) is 33.9 Å². The molecule has 1 aliphatic heterocycles. The number of rotatable bonds is 6. The zero-order chi connectivity index (χ0) is 16.8. The van der Waals surface area contributed by atoms with Gasteiger partial charge in [-0.2, -0.15) is 0 Å². The first-order valence-electron chi connectivity index (χ1n) is 8.02. The van der Waals surface area contributed by atoms with Crippen molar-refractivity contribution in [1.29, 1.82) is 0 Å². The lowest BCUT2D eigenvalue weighted by Gasteiger charge is -2.29. The third kappa shape index (κ3) is 6.93. The predicted octanol–water partition coefficient (Wildman–Crippen LogP) is 2.66. The van der Waals surface area contributed by atoms with Crippen molar-refractivity contribution in [2.24, 2.45) is 11.7 Å². The summed E-state index contributed by atoms with van der Waals surface area (Å²) in [5, 5.41) is 3.68. The van der Waals surface area contributed by atoms with Gasteiger partial charge in [0.15, 0.2) is 0 Å². The average Bonchev–Trinajstić information content (AvgIpc) is 2.56. The molecule has 5 nitrogen and oxygen atoms in total. The Morgan fingerprint density at radius 2 is 1.92 bits per heavy atom. The fourth-order valence-electron chi connectivity index (χ4n) is 2.92. The minimum absolute atomic E-state index is 0. The molecule has 1 aromatic carbocycles. The van der Waals surface area contributed by atoms with Crippen LogP contribution in [-0.2, 0) is 9.53 Å². The molecule has 8 heteroatoms. The van der Waals surface area contributed by atoms with Crippen molar-refractivity contribution >= 4 is 42.3 Å². The molecule has 1 aliphatic rings. The van der Waals surface area contributed by atoms with Crippen LogP contribution in [0, 0.1) is 5.92 Å². The van der Waals surface area contributed by atoms with Crippen molar-refractivity contribution in [1.82, 2.24) is 10.2 Å². The molecular weight excluding hydrogens is 385 g/mol. The van der Waals surface area contributed by atoms with Gasteiger partial charge in [-0.05, 0) is 44.5 Å². The molecule has 0 radical (unpaired) electrons. The van der Waals surface area contributed by atoms with Crippen molar-refractivity contribution in [2.45, 2.75) is 24.9 Å². The molecule has 0 spiro atoms. The number of nitrogens with two attached hydrogens (primary N) is 1. The van der Waals surface area contributed by atoms with Crippen LogP contribution in [-0.4, -0.2) is 50.7 Å². The summed E-state index contributed by atoms with van der Waals surface area (Å²) in [6.07, 6.45) is 1.69. The summed E-state index contributed by atoms with van der Waals surface area (Å²) >= 11 is 6.28. The van der Waals surface area contributed by atoms with E-state index in [-0.39, 0.29) is 42.7 Å². The second-order valence-corrected chi connectivity index (χ2v) is 6.63. The first-order valence-corrected chi connectivity index (χ1v) is 8.40. The first-order chi connectivity index (χ1) is 11.0. The summed E-state index contributed by atoms with van der Waals surface area (Å²) < 4.78 is 5.32. The number of likely N-dealkylation sites (N-methyl/N-ethyl adjacent to an activating group) is 1. The van der Waals surface area contributed by atoms with E-state index in [1.165, 1.54) is 0 Å². The molecule has 2 atom stereocenters. The zero-order valence-electron chi connectivity index (χ0n) is 14.6. The van der Waals surface area contributed by atoms with Crippen LogP contribution in [0.1, 0.15) is 24.4 Å². The number of benzene rings is 1. The molecule has 0 bridgehead atoms. The van der Waals surface area contributed by atoms with E-state index in [4.69, 9.17) is 22.1 Å². The van der Waals surface area contributed by atoms with Crippen molar-refractivity contribution in [3.05, 3.63) is 34.9 Å². The third-order valence-electron chi connectivity index (χ3n) is 4.43. The van der Waals surface area contributed by atoms with Crippen molar-refractivity contribution in [3.63, 3.8) is 0 Å². The minimum Gasteiger partial charge on any atom is -0.381 e. The highest BCUT2D eigenvalue weighted by molar-refractivity contribution is 6.31. The molecule has 2 rings (SSSR count). The van der Waals surface area contributed by atoms with E-state index in [1.807, 2.05) is 43.3 Å². The summed E-state index contributed by atoms with van der Waals surface area (Å²) in [4.78, 5) is 14.4. The lowest BCUT2D eigenvalue weighted by atomic mass is 9.92. The van der Waals surface area contributed by atoms with E-state index in [2.05, 4.69) is 5.32 Å². The normalized spacial score (nSPS) is 17.2. The molecule has 3 N–H and O–H groups in total. The van der Waals surface area contributed by atoms with Gasteiger partial charge in [0, 0.05) is 24.8 Å². The first kappa shape index (κ1) is 24.4. The van der Waals surface area contributed by atoms with Crippen LogP contribution in [0.25, 0.3) is 0 Å². The average molecular weight is 413 g/mol. The Morgan fingerprint density at radius 3 is 2.48 bits per heavy atom. The predicted molar refractivity (Wildman–Crippen MR) is 107 cm³/mol. The highest BCUT2D eigenvalue weighted by Crippen LogP contribution is 2.25. The molecule has 0 aromatic heterocycles. The Morgan fingerprint density at radius 1 is 1.32 bits per heavy atom. The number of halogens is 3. The third-order valence-corrected chi connectivity index (χ3v) is 4.78. The number of nitrogens with one attached hydrogen (secondary N) is 1. The number of carbonyl (C=O) groups is 1. The summed E-state index contributed by atoms with van der Waals surface area (Å²) in [6, 6.07) is 7.23.